The van der Waals surface area contributed by atoms with Gasteiger partial charge >= 0.3 is 5.97 Å². The normalized spacial score (nSPS) is 26.9. The molecule has 0 amide bonds. The van der Waals surface area contributed by atoms with Gasteiger partial charge < -0.3 is 5.11 Å². The Kier molecular flexibility index (Phi) is 6.17. The number of unbranched alkanes of at least 4 members (excludes halogenated alkanes) is 1. The number of sulfonamides is 1. The van der Waals surface area contributed by atoms with Gasteiger partial charge in [0.2, 0.25) is 10.0 Å². The third kappa shape index (κ3) is 4.87. The van der Waals surface area contributed by atoms with E-state index in [2.05, 4.69) is 23.0 Å². The first kappa shape index (κ1) is 19.8. The minimum atomic E-state index is -3.54. The number of aliphatic carboxylic acids is 1. The molecule has 1 saturated carbocycles. The van der Waals surface area contributed by atoms with Gasteiger partial charge in [0.15, 0.2) is 0 Å². The van der Waals surface area contributed by atoms with E-state index < -0.39 is 16.0 Å². The lowest BCUT2D eigenvalue weighted by Crippen LogP contribution is -2.42. The third-order valence-electron chi connectivity index (χ3n) is 5.58. The van der Waals surface area contributed by atoms with Crippen LogP contribution in [0.2, 0.25) is 0 Å². The highest BCUT2D eigenvalue weighted by Gasteiger charge is 2.45. The number of hydrogen-bond acceptors (Lipinski definition) is 3. The van der Waals surface area contributed by atoms with Gasteiger partial charge in [0, 0.05) is 12.5 Å². The van der Waals surface area contributed by atoms with Crippen molar-refractivity contribution in [1.29, 1.82) is 0 Å². The largest absolute Gasteiger partial charge is 0.481 e. The second-order valence-electron chi connectivity index (χ2n) is 7.57. The van der Waals surface area contributed by atoms with Crippen LogP contribution < -0.4 is 4.72 Å². The van der Waals surface area contributed by atoms with E-state index in [1.165, 1.54) is 0 Å². The highest BCUT2D eigenvalue weighted by atomic mass is 32.2. The van der Waals surface area contributed by atoms with Crippen LogP contribution in [-0.2, 0) is 14.8 Å². The zero-order valence-corrected chi connectivity index (χ0v) is 16.4. The molecule has 1 aromatic rings. The molecule has 2 aliphatic rings. The summed E-state index contributed by atoms with van der Waals surface area (Å²) in [6.07, 6.45) is 11.8. The average Bonchev–Trinajstić information content (AvgIpc) is 3.20. The van der Waals surface area contributed by atoms with Crippen molar-refractivity contribution in [2.75, 3.05) is 0 Å². The lowest BCUT2D eigenvalue weighted by molar-refractivity contribution is -0.137. The number of benzene rings is 1. The van der Waals surface area contributed by atoms with Crippen molar-refractivity contribution in [2.45, 2.75) is 50.0 Å². The van der Waals surface area contributed by atoms with E-state index in [9.17, 15) is 13.2 Å². The molecule has 2 aliphatic carbocycles. The van der Waals surface area contributed by atoms with E-state index in [0.717, 1.165) is 24.8 Å². The van der Waals surface area contributed by atoms with Crippen LogP contribution in [0.4, 0.5) is 0 Å². The van der Waals surface area contributed by atoms with Crippen LogP contribution in [0.1, 0.15) is 37.7 Å². The molecular weight excluding hydrogens is 362 g/mol. The SMILES string of the molecule is Cc1ccc(S(=O)(=O)NC2C3C=CC(C3)C2CC=CCCCC(=O)O)cc1. The molecular formula is C21H27NO4S. The topological polar surface area (TPSA) is 83.5 Å². The number of aryl methyl sites for hydroxylation is 1. The molecule has 1 aromatic carbocycles. The van der Waals surface area contributed by atoms with Gasteiger partial charge in [0.25, 0.3) is 0 Å². The number of hydrogen-bond donors (Lipinski definition) is 2. The van der Waals surface area contributed by atoms with Gasteiger partial charge in [-0.1, -0.05) is 42.0 Å². The Labute approximate surface area is 161 Å². The molecule has 3 rings (SSSR count). The summed E-state index contributed by atoms with van der Waals surface area (Å²) >= 11 is 0. The minimum Gasteiger partial charge on any atom is -0.481 e. The monoisotopic (exact) mass is 389 g/mol. The average molecular weight is 390 g/mol. The van der Waals surface area contributed by atoms with Crippen LogP contribution >= 0.6 is 0 Å². The van der Waals surface area contributed by atoms with E-state index >= 15 is 0 Å². The van der Waals surface area contributed by atoms with E-state index in [1.54, 1.807) is 12.1 Å². The lowest BCUT2D eigenvalue weighted by Gasteiger charge is -2.28. The van der Waals surface area contributed by atoms with Crippen LogP contribution in [0.5, 0.6) is 0 Å². The Morgan fingerprint density at radius 1 is 1.19 bits per heavy atom. The molecule has 4 atom stereocenters. The fourth-order valence-electron chi connectivity index (χ4n) is 4.13. The minimum absolute atomic E-state index is 0.0880. The maximum Gasteiger partial charge on any atom is 0.303 e. The predicted molar refractivity (Wildman–Crippen MR) is 105 cm³/mol. The zero-order valence-electron chi connectivity index (χ0n) is 15.5. The summed E-state index contributed by atoms with van der Waals surface area (Å²) in [5, 5.41) is 8.67. The van der Waals surface area contributed by atoms with Crippen molar-refractivity contribution in [1.82, 2.24) is 4.72 Å². The molecule has 0 saturated heterocycles. The molecule has 4 unspecified atom stereocenters. The second-order valence-corrected chi connectivity index (χ2v) is 9.28. The fraction of sp³-hybridized carbons (Fsp3) is 0.476. The van der Waals surface area contributed by atoms with Gasteiger partial charge in [-0.3, -0.25) is 4.79 Å². The summed E-state index contributed by atoms with van der Waals surface area (Å²) in [7, 11) is -3.54. The zero-order chi connectivity index (χ0) is 19.4. The summed E-state index contributed by atoms with van der Waals surface area (Å²) in [5.41, 5.74) is 1.03. The van der Waals surface area contributed by atoms with Crippen molar-refractivity contribution in [3.63, 3.8) is 0 Å². The number of allylic oxidation sites excluding steroid dienone is 3. The maximum absolute atomic E-state index is 12.8. The molecule has 2 bridgehead atoms. The highest BCUT2D eigenvalue weighted by molar-refractivity contribution is 7.89. The van der Waals surface area contributed by atoms with Crippen molar-refractivity contribution in [2.24, 2.45) is 17.8 Å². The number of carboxylic acids is 1. The van der Waals surface area contributed by atoms with Crippen molar-refractivity contribution >= 4 is 16.0 Å². The molecule has 5 nitrogen and oxygen atoms in total. The first-order valence-corrected chi connectivity index (χ1v) is 11.0. The number of carboxylic acid groups (broad SMARTS) is 1. The molecule has 0 heterocycles. The van der Waals surface area contributed by atoms with Gasteiger partial charge in [0.1, 0.15) is 0 Å². The van der Waals surface area contributed by atoms with Gasteiger partial charge in [0.05, 0.1) is 4.90 Å². The van der Waals surface area contributed by atoms with Crippen LogP contribution in [0, 0.1) is 24.7 Å². The van der Waals surface area contributed by atoms with Crippen LogP contribution in [-0.4, -0.2) is 25.5 Å². The van der Waals surface area contributed by atoms with E-state index in [1.807, 2.05) is 25.1 Å². The summed E-state index contributed by atoms with van der Waals surface area (Å²) in [6.45, 7) is 1.93. The summed E-state index contributed by atoms with van der Waals surface area (Å²) in [4.78, 5) is 10.9. The maximum atomic E-state index is 12.8. The van der Waals surface area contributed by atoms with Crippen LogP contribution in [0.25, 0.3) is 0 Å². The third-order valence-corrected chi connectivity index (χ3v) is 7.06. The van der Waals surface area contributed by atoms with E-state index in [4.69, 9.17) is 5.11 Å². The summed E-state index contributed by atoms with van der Waals surface area (Å²) < 4.78 is 28.5. The molecule has 27 heavy (non-hydrogen) atoms. The van der Waals surface area contributed by atoms with Crippen molar-refractivity contribution in [3.05, 3.63) is 54.1 Å². The van der Waals surface area contributed by atoms with Gasteiger partial charge in [-0.2, -0.15) is 0 Å². The Bertz CT molecular complexity index is 826. The highest BCUT2D eigenvalue weighted by Crippen LogP contribution is 2.45. The van der Waals surface area contributed by atoms with Crippen LogP contribution in [0.15, 0.2) is 53.5 Å². The molecule has 0 radical (unpaired) electrons. The molecule has 0 aliphatic heterocycles. The quantitative estimate of drug-likeness (QED) is 0.499. The molecule has 0 aromatic heterocycles. The molecule has 146 valence electrons. The smallest absolute Gasteiger partial charge is 0.303 e. The number of carbonyl (C=O) groups is 1. The summed E-state index contributed by atoms with van der Waals surface area (Å²) in [6, 6.07) is 6.84. The van der Waals surface area contributed by atoms with Gasteiger partial charge in [-0.15, -0.1) is 0 Å². The van der Waals surface area contributed by atoms with Gasteiger partial charge in [-0.25, -0.2) is 13.1 Å². The van der Waals surface area contributed by atoms with Crippen molar-refractivity contribution in [3.8, 4) is 0 Å². The molecule has 0 spiro atoms. The van der Waals surface area contributed by atoms with E-state index in [0.29, 0.717) is 17.2 Å². The molecule has 6 heteroatoms. The van der Waals surface area contributed by atoms with Crippen molar-refractivity contribution < 1.29 is 18.3 Å². The molecule has 2 N–H and O–H groups in total. The second kappa shape index (κ2) is 8.40. The Balaban J connectivity index is 1.63. The Hall–Kier alpha value is -1.92. The lowest BCUT2D eigenvalue weighted by atomic mass is 9.86. The number of rotatable bonds is 9. The van der Waals surface area contributed by atoms with Gasteiger partial charge in [-0.05, 0) is 62.5 Å². The standard InChI is InChI=1S/C21H27NO4S/c1-15-8-12-18(13-9-15)27(25,26)22-21-17-11-10-16(14-17)19(21)6-4-2-3-5-7-20(23)24/h2,4,8-13,16-17,19,21-22H,3,5-7,14H2,1H3,(H,23,24). The Morgan fingerprint density at radius 3 is 2.59 bits per heavy atom. The first-order valence-electron chi connectivity index (χ1n) is 9.51. The number of nitrogens with one attached hydrogen (secondary N) is 1. The molecule has 1 fully saturated rings. The first-order chi connectivity index (χ1) is 12.9. The predicted octanol–water partition coefficient (Wildman–Crippen LogP) is 3.67. The number of fused-ring (bicyclic) bond motifs is 2. The van der Waals surface area contributed by atoms with E-state index in [-0.39, 0.29) is 24.3 Å². The fourth-order valence-corrected chi connectivity index (χ4v) is 5.47. The Morgan fingerprint density at radius 2 is 1.89 bits per heavy atom. The summed E-state index contributed by atoms with van der Waals surface area (Å²) in [5.74, 6) is 0.133. The van der Waals surface area contributed by atoms with Crippen LogP contribution in [0.3, 0.4) is 0 Å².